The highest BCUT2D eigenvalue weighted by molar-refractivity contribution is 5.46. The van der Waals surface area contributed by atoms with Crippen LogP contribution in [0.4, 0.5) is 0 Å². The van der Waals surface area contributed by atoms with Gasteiger partial charge in [0.2, 0.25) is 0 Å². The summed E-state index contributed by atoms with van der Waals surface area (Å²) in [4.78, 5) is 4.13. The molecule has 0 unspecified atom stereocenters. The zero-order chi connectivity index (χ0) is 7.68. The second-order valence-corrected chi connectivity index (χ2v) is 2.34. The van der Waals surface area contributed by atoms with Gasteiger partial charge in [-0.05, 0) is 12.1 Å². The highest BCUT2D eigenvalue weighted by Gasteiger charge is 2.03. The molecule has 0 aliphatic carbocycles. The fraction of sp³-hybridized carbons (Fsp3) is 0.125. The Morgan fingerprint density at radius 2 is 2.45 bits per heavy atom. The Hall–Kier alpha value is -1.51. The molecule has 11 heavy (non-hydrogen) atoms. The van der Waals surface area contributed by atoms with Gasteiger partial charge in [-0.3, -0.25) is 0 Å². The molecule has 0 radical (unpaired) electrons. The predicted molar refractivity (Wildman–Crippen MR) is 40.9 cm³/mol. The van der Waals surface area contributed by atoms with Crippen LogP contribution in [0.5, 0.6) is 0 Å². The third kappa shape index (κ3) is 0.941. The standard InChI is InChI=1S/C8H8N2O/c1-10-5-4-9-8(10)7-3-2-6-11-7/h2-6H,1H3. The lowest BCUT2D eigenvalue weighted by atomic mass is 10.4. The monoisotopic (exact) mass is 148 g/mol. The molecule has 0 saturated carbocycles. The van der Waals surface area contributed by atoms with Gasteiger partial charge in [-0.25, -0.2) is 4.98 Å². The molecule has 2 aromatic heterocycles. The lowest BCUT2D eigenvalue weighted by molar-refractivity contribution is 0.574. The van der Waals surface area contributed by atoms with Crippen LogP contribution >= 0.6 is 0 Å². The molecule has 2 heterocycles. The predicted octanol–water partition coefficient (Wildman–Crippen LogP) is 1.68. The summed E-state index contributed by atoms with van der Waals surface area (Å²) in [6, 6.07) is 3.74. The molecule has 0 atom stereocenters. The maximum absolute atomic E-state index is 5.18. The average molecular weight is 148 g/mol. The fourth-order valence-corrected chi connectivity index (χ4v) is 1.01. The lowest BCUT2D eigenvalue weighted by Gasteiger charge is -1.94. The van der Waals surface area contributed by atoms with Crippen molar-refractivity contribution in [2.24, 2.45) is 7.05 Å². The number of furan rings is 1. The first kappa shape index (κ1) is 6.22. The van der Waals surface area contributed by atoms with E-state index >= 15 is 0 Å². The molecule has 2 aromatic rings. The quantitative estimate of drug-likeness (QED) is 0.616. The molecule has 0 aromatic carbocycles. The van der Waals surface area contributed by atoms with E-state index in [0.29, 0.717) is 0 Å². The van der Waals surface area contributed by atoms with E-state index in [1.165, 1.54) is 0 Å². The molecule has 0 saturated heterocycles. The Labute approximate surface area is 64.3 Å². The van der Waals surface area contributed by atoms with E-state index in [-0.39, 0.29) is 0 Å². The molecule has 0 aliphatic heterocycles. The van der Waals surface area contributed by atoms with E-state index in [2.05, 4.69) is 4.98 Å². The van der Waals surface area contributed by atoms with Crippen molar-refractivity contribution in [1.29, 1.82) is 0 Å². The van der Waals surface area contributed by atoms with Crippen molar-refractivity contribution in [3.05, 3.63) is 30.8 Å². The molecule has 3 nitrogen and oxygen atoms in total. The van der Waals surface area contributed by atoms with Crippen LogP contribution in [0, 0.1) is 0 Å². The van der Waals surface area contributed by atoms with Crippen molar-refractivity contribution in [2.45, 2.75) is 0 Å². The van der Waals surface area contributed by atoms with E-state index < -0.39 is 0 Å². The zero-order valence-electron chi connectivity index (χ0n) is 6.19. The van der Waals surface area contributed by atoms with Crippen molar-refractivity contribution in [1.82, 2.24) is 9.55 Å². The summed E-state index contributed by atoms with van der Waals surface area (Å²) >= 11 is 0. The van der Waals surface area contributed by atoms with Gasteiger partial charge in [-0.15, -0.1) is 0 Å². The molecule has 0 N–H and O–H groups in total. The van der Waals surface area contributed by atoms with Crippen LogP contribution in [0.3, 0.4) is 0 Å². The topological polar surface area (TPSA) is 31.0 Å². The Kier molecular flexibility index (Phi) is 1.28. The third-order valence-corrected chi connectivity index (χ3v) is 1.56. The van der Waals surface area contributed by atoms with E-state index in [9.17, 15) is 0 Å². The van der Waals surface area contributed by atoms with E-state index in [4.69, 9.17) is 4.42 Å². The number of imidazole rings is 1. The van der Waals surface area contributed by atoms with Crippen LogP contribution in [-0.2, 0) is 7.05 Å². The first-order valence-corrected chi connectivity index (χ1v) is 3.39. The van der Waals surface area contributed by atoms with E-state index in [0.717, 1.165) is 11.6 Å². The zero-order valence-corrected chi connectivity index (χ0v) is 6.19. The number of nitrogens with zero attached hydrogens (tertiary/aromatic N) is 2. The minimum atomic E-state index is 0.803. The van der Waals surface area contributed by atoms with Crippen LogP contribution < -0.4 is 0 Å². The summed E-state index contributed by atoms with van der Waals surface area (Å²) in [7, 11) is 1.94. The summed E-state index contributed by atoms with van der Waals surface area (Å²) in [6.07, 6.45) is 5.28. The van der Waals surface area contributed by atoms with Gasteiger partial charge in [-0.2, -0.15) is 0 Å². The van der Waals surface area contributed by atoms with Gasteiger partial charge in [0.15, 0.2) is 11.6 Å². The van der Waals surface area contributed by atoms with Crippen molar-refractivity contribution in [3.63, 3.8) is 0 Å². The molecule has 0 aliphatic rings. The minimum absolute atomic E-state index is 0.803. The van der Waals surface area contributed by atoms with Crippen molar-refractivity contribution in [2.75, 3.05) is 0 Å². The first-order chi connectivity index (χ1) is 5.38. The van der Waals surface area contributed by atoms with Gasteiger partial charge >= 0.3 is 0 Å². The summed E-state index contributed by atoms with van der Waals surface area (Å²) in [5.41, 5.74) is 0. The summed E-state index contributed by atoms with van der Waals surface area (Å²) in [5, 5.41) is 0. The third-order valence-electron chi connectivity index (χ3n) is 1.56. The number of aryl methyl sites for hydroxylation is 1. The second-order valence-electron chi connectivity index (χ2n) is 2.34. The number of aromatic nitrogens is 2. The average Bonchev–Trinajstić information content (AvgIpc) is 2.55. The largest absolute Gasteiger partial charge is 0.461 e. The molecule has 0 spiro atoms. The van der Waals surface area contributed by atoms with E-state index in [1.807, 2.05) is 29.9 Å². The number of hydrogen-bond donors (Lipinski definition) is 0. The van der Waals surface area contributed by atoms with Crippen LogP contribution in [-0.4, -0.2) is 9.55 Å². The molecule has 0 bridgehead atoms. The van der Waals surface area contributed by atoms with Gasteiger partial charge in [0.25, 0.3) is 0 Å². The second kappa shape index (κ2) is 2.27. The maximum atomic E-state index is 5.18. The molecule has 0 fully saturated rings. The van der Waals surface area contributed by atoms with Gasteiger partial charge < -0.3 is 8.98 Å². The maximum Gasteiger partial charge on any atom is 0.175 e. The van der Waals surface area contributed by atoms with Crippen molar-refractivity contribution >= 4 is 0 Å². The van der Waals surface area contributed by atoms with Crippen molar-refractivity contribution < 1.29 is 4.42 Å². The Morgan fingerprint density at radius 1 is 1.55 bits per heavy atom. The molecular weight excluding hydrogens is 140 g/mol. The van der Waals surface area contributed by atoms with E-state index in [1.54, 1.807) is 12.5 Å². The molecule has 2 rings (SSSR count). The SMILES string of the molecule is Cn1ccnc1-c1ccco1. The lowest BCUT2D eigenvalue weighted by Crippen LogP contribution is -1.88. The Balaban J connectivity index is 2.53. The van der Waals surface area contributed by atoms with Gasteiger partial charge in [0, 0.05) is 19.4 Å². The molecule has 56 valence electrons. The first-order valence-electron chi connectivity index (χ1n) is 3.39. The minimum Gasteiger partial charge on any atom is -0.461 e. The highest BCUT2D eigenvalue weighted by Crippen LogP contribution is 2.15. The van der Waals surface area contributed by atoms with Gasteiger partial charge in [-0.1, -0.05) is 0 Å². The fourth-order valence-electron chi connectivity index (χ4n) is 1.01. The molecule has 3 heteroatoms. The Bertz CT molecular complexity index is 335. The number of rotatable bonds is 1. The number of hydrogen-bond acceptors (Lipinski definition) is 2. The molecular formula is C8H8N2O. The van der Waals surface area contributed by atoms with Gasteiger partial charge in [0.1, 0.15) is 0 Å². The summed E-state index contributed by atoms with van der Waals surface area (Å²) < 4.78 is 7.09. The smallest absolute Gasteiger partial charge is 0.175 e. The summed E-state index contributed by atoms with van der Waals surface area (Å²) in [5.74, 6) is 1.66. The van der Waals surface area contributed by atoms with Crippen LogP contribution in [0.25, 0.3) is 11.6 Å². The van der Waals surface area contributed by atoms with Crippen molar-refractivity contribution in [3.8, 4) is 11.6 Å². The Morgan fingerprint density at radius 3 is 3.00 bits per heavy atom. The van der Waals surface area contributed by atoms with Gasteiger partial charge in [0.05, 0.1) is 6.26 Å². The normalized spacial score (nSPS) is 10.3. The summed E-state index contributed by atoms with van der Waals surface area (Å²) in [6.45, 7) is 0. The van der Waals surface area contributed by atoms with Crippen LogP contribution in [0.1, 0.15) is 0 Å². The molecule has 0 amide bonds. The van der Waals surface area contributed by atoms with Crippen LogP contribution in [0.15, 0.2) is 35.2 Å². The highest BCUT2D eigenvalue weighted by atomic mass is 16.3. The van der Waals surface area contributed by atoms with Crippen LogP contribution in [0.2, 0.25) is 0 Å².